The summed E-state index contributed by atoms with van der Waals surface area (Å²) < 4.78 is 14.8. The second-order valence-electron chi connectivity index (χ2n) is 11.2. The Morgan fingerprint density at radius 2 is 2.09 bits per heavy atom. The molecule has 7 rings (SSSR count). The van der Waals surface area contributed by atoms with E-state index in [-0.39, 0.29) is 18.5 Å². The number of benzene rings is 1. The van der Waals surface area contributed by atoms with Crippen molar-refractivity contribution in [1.82, 2.24) is 44.1 Å². The number of aryl methyl sites for hydroxylation is 1. The van der Waals surface area contributed by atoms with Crippen LogP contribution in [-0.4, -0.2) is 96.5 Å². The lowest BCUT2D eigenvalue weighted by Crippen LogP contribution is -2.52. The summed E-state index contributed by atoms with van der Waals surface area (Å²) in [5.41, 5.74) is 3.49. The zero-order chi connectivity index (χ0) is 29.3. The predicted molar refractivity (Wildman–Crippen MR) is 160 cm³/mol. The van der Waals surface area contributed by atoms with Crippen molar-refractivity contribution in [2.24, 2.45) is 5.92 Å². The van der Waals surface area contributed by atoms with E-state index >= 15 is 0 Å². The van der Waals surface area contributed by atoms with Crippen molar-refractivity contribution in [1.29, 1.82) is 0 Å². The lowest BCUT2D eigenvalue weighted by atomic mass is 10.1. The van der Waals surface area contributed by atoms with Crippen LogP contribution in [0.3, 0.4) is 0 Å². The molecule has 4 aromatic heterocycles. The fourth-order valence-electron chi connectivity index (χ4n) is 6.14. The van der Waals surface area contributed by atoms with Crippen LogP contribution < -0.4 is 4.74 Å². The number of H-pyrrole nitrogens is 1. The molecule has 1 unspecified atom stereocenters. The Bertz CT molecular complexity index is 1700. The molecule has 2 atom stereocenters. The van der Waals surface area contributed by atoms with Gasteiger partial charge >= 0.3 is 0 Å². The molecule has 5 aromatic rings. The van der Waals surface area contributed by atoms with Crippen molar-refractivity contribution in [3.63, 3.8) is 0 Å². The molecule has 0 aliphatic carbocycles. The molecule has 0 saturated carbocycles. The number of piperazine rings is 1. The molecule has 43 heavy (non-hydrogen) atoms. The molecule has 0 radical (unpaired) electrons. The van der Waals surface area contributed by atoms with Crippen molar-refractivity contribution >= 4 is 16.9 Å². The van der Waals surface area contributed by atoms with Crippen LogP contribution in [0.15, 0.2) is 61.2 Å². The molecule has 0 bridgehead atoms. The van der Waals surface area contributed by atoms with Gasteiger partial charge in [0, 0.05) is 63.0 Å². The fraction of sp³-hybridized carbons (Fsp3) is 0.387. The Balaban J connectivity index is 1.15. The van der Waals surface area contributed by atoms with E-state index < -0.39 is 0 Å². The highest BCUT2D eigenvalue weighted by Crippen LogP contribution is 2.29. The minimum atomic E-state index is -0.224. The average molecular weight is 582 g/mol. The summed E-state index contributed by atoms with van der Waals surface area (Å²) in [5.74, 6) is 3.58. The van der Waals surface area contributed by atoms with Gasteiger partial charge in [-0.15, -0.1) is 0 Å². The van der Waals surface area contributed by atoms with Crippen LogP contribution >= 0.6 is 0 Å². The minimum absolute atomic E-state index is 0.0299. The Labute approximate surface area is 249 Å². The fourth-order valence-corrected chi connectivity index (χ4v) is 6.14. The number of carbonyl (C=O) groups is 1. The number of ether oxygens (including phenoxy) is 2. The van der Waals surface area contributed by atoms with Crippen LogP contribution in [0.2, 0.25) is 0 Å². The number of aromatic nitrogens is 7. The molecule has 1 N–H and O–H groups in total. The Morgan fingerprint density at radius 3 is 2.86 bits per heavy atom. The standard InChI is InChI=1S/C31H35N9O3/c1-21-35-25-6-5-24(42-2)14-27(25)39(21)19-30(41)38-12-11-37(17-22-8-13-43-20-22)18-28(38)31-33-16-26(36-31)23-4-7-29(32-15-23)40-10-3-9-34-40/h3-7,9-10,14-16,22,28H,8,11-13,17-20H2,1-2H3,(H,33,36)/t22?,28-/m0/s1. The maximum Gasteiger partial charge on any atom is 0.243 e. The molecule has 222 valence electrons. The van der Waals surface area contributed by atoms with Crippen molar-refractivity contribution in [3.05, 3.63) is 72.8 Å². The van der Waals surface area contributed by atoms with Crippen LogP contribution in [0.25, 0.3) is 28.1 Å². The first-order valence-electron chi connectivity index (χ1n) is 14.7. The maximum absolute atomic E-state index is 14.0. The summed E-state index contributed by atoms with van der Waals surface area (Å²) in [5, 5.41) is 4.25. The normalized spacial score (nSPS) is 19.3. The Kier molecular flexibility index (Phi) is 7.37. The van der Waals surface area contributed by atoms with E-state index in [0.717, 1.165) is 78.2 Å². The molecule has 2 aliphatic rings. The molecule has 0 spiro atoms. The predicted octanol–water partition coefficient (Wildman–Crippen LogP) is 3.25. The molecule has 2 saturated heterocycles. The van der Waals surface area contributed by atoms with Gasteiger partial charge in [0.2, 0.25) is 5.91 Å². The van der Waals surface area contributed by atoms with Crippen LogP contribution in [0.5, 0.6) is 5.75 Å². The highest BCUT2D eigenvalue weighted by molar-refractivity contribution is 5.82. The molecule has 1 amide bonds. The summed E-state index contributed by atoms with van der Waals surface area (Å²) in [6.45, 7) is 6.82. The number of hydrogen-bond donors (Lipinski definition) is 1. The lowest BCUT2D eigenvalue weighted by Gasteiger charge is -2.41. The largest absolute Gasteiger partial charge is 0.497 e. The molecule has 1 aromatic carbocycles. The molecule has 12 nitrogen and oxygen atoms in total. The van der Waals surface area contributed by atoms with Crippen LogP contribution in [0.4, 0.5) is 0 Å². The Hall–Kier alpha value is -4.55. The van der Waals surface area contributed by atoms with Crippen molar-refractivity contribution in [2.45, 2.75) is 25.9 Å². The SMILES string of the molecule is COc1ccc2nc(C)n(CC(=O)N3CCN(CC4CCOC4)C[C@H]3c3ncc(-c4ccc(-n5cccn5)nc4)[nH]3)c2c1. The van der Waals surface area contributed by atoms with E-state index in [1.54, 1.807) is 18.0 Å². The van der Waals surface area contributed by atoms with Crippen molar-refractivity contribution in [2.75, 3.05) is 46.5 Å². The number of methoxy groups -OCH3 is 1. The van der Waals surface area contributed by atoms with Gasteiger partial charge in [-0.1, -0.05) is 0 Å². The second-order valence-corrected chi connectivity index (χ2v) is 11.2. The van der Waals surface area contributed by atoms with Crippen LogP contribution in [0.1, 0.15) is 24.1 Å². The van der Waals surface area contributed by atoms with Gasteiger partial charge in [-0.3, -0.25) is 9.69 Å². The van der Waals surface area contributed by atoms with E-state index in [2.05, 4.69) is 25.0 Å². The first kappa shape index (κ1) is 27.3. The summed E-state index contributed by atoms with van der Waals surface area (Å²) in [4.78, 5) is 36.0. The molecular formula is C31H35N9O3. The van der Waals surface area contributed by atoms with E-state index in [4.69, 9.17) is 14.5 Å². The topological polar surface area (TPSA) is 119 Å². The quantitative estimate of drug-likeness (QED) is 0.297. The van der Waals surface area contributed by atoms with Gasteiger partial charge in [-0.05, 0) is 49.6 Å². The lowest BCUT2D eigenvalue weighted by molar-refractivity contribution is -0.137. The zero-order valence-corrected chi connectivity index (χ0v) is 24.4. The van der Waals surface area contributed by atoms with Crippen molar-refractivity contribution in [3.8, 4) is 22.8 Å². The van der Waals surface area contributed by atoms with Crippen molar-refractivity contribution < 1.29 is 14.3 Å². The number of amides is 1. The number of nitrogens with zero attached hydrogens (tertiary/aromatic N) is 8. The number of hydrogen-bond acceptors (Lipinski definition) is 8. The van der Waals surface area contributed by atoms with Gasteiger partial charge in [0.05, 0.1) is 36.6 Å². The number of pyridine rings is 1. The average Bonchev–Trinajstić information content (AvgIpc) is 3.86. The van der Waals surface area contributed by atoms with E-state index in [1.807, 2.05) is 71.4 Å². The second kappa shape index (κ2) is 11.6. The molecular weight excluding hydrogens is 546 g/mol. The van der Waals surface area contributed by atoms with Gasteiger partial charge in [-0.25, -0.2) is 19.6 Å². The zero-order valence-electron chi connectivity index (χ0n) is 24.4. The minimum Gasteiger partial charge on any atom is -0.497 e. The number of imidazole rings is 2. The number of nitrogens with one attached hydrogen (secondary N) is 1. The van der Waals surface area contributed by atoms with Gasteiger partial charge in [0.15, 0.2) is 5.82 Å². The van der Waals surface area contributed by atoms with Crippen LogP contribution in [-0.2, 0) is 16.1 Å². The molecule has 6 heterocycles. The van der Waals surface area contributed by atoms with E-state index in [1.165, 1.54) is 0 Å². The number of fused-ring (bicyclic) bond motifs is 1. The van der Waals surface area contributed by atoms with Gasteiger partial charge < -0.3 is 23.9 Å². The third kappa shape index (κ3) is 5.51. The maximum atomic E-state index is 14.0. The first-order valence-corrected chi connectivity index (χ1v) is 14.7. The van der Waals surface area contributed by atoms with E-state index in [9.17, 15) is 4.79 Å². The Morgan fingerprint density at radius 1 is 1.16 bits per heavy atom. The van der Waals surface area contributed by atoms with Crippen LogP contribution in [0, 0.1) is 12.8 Å². The van der Waals surface area contributed by atoms with Gasteiger partial charge in [-0.2, -0.15) is 5.10 Å². The number of rotatable bonds is 8. The summed E-state index contributed by atoms with van der Waals surface area (Å²) in [7, 11) is 1.64. The summed E-state index contributed by atoms with van der Waals surface area (Å²) in [6.07, 6.45) is 8.30. The summed E-state index contributed by atoms with van der Waals surface area (Å²) >= 11 is 0. The summed E-state index contributed by atoms with van der Waals surface area (Å²) in [6, 6.07) is 11.3. The third-order valence-corrected chi connectivity index (χ3v) is 8.47. The van der Waals surface area contributed by atoms with E-state index in [0.29, 0.717) is 19.0 Å². The first-order chi connectivity index (χ1) is 21.1. The highest BCUT2D eigenvalue weighted by atomic mass is 16.5. The van der Waals surface area contributed by atoms with Gasteiger partial charge in [0.25, 0.3) is 0 Å². The highest BCUT2D eigenvalue weighted by Gasteiger charge is 2.35. The molecule has 2 aliphatic heterocycles. The third-order valence-electron chi connectivity index (χ3n) is 8.47. The molecule has 2 fully saturated rings. The number of carbonyl (C=O) groups excluding carboxylic acids is 1. The number of aromatic amines is 1. The molecule has 12 heteroatoms. The monoisotopic (exact) mass is 581 g/mol. The van der Waals surface area contributed by atoms with Gasteiger partial charge in [0.1, 0.15) is 30.0 Å². The smallest absolute Gasteiger partial charge is 0.243 e.